The molecule has 1 unspecified atom stereocenters. The Bertz CT molecular complexity index is 954. The monoisotopic (exact) mass is 385 g/mol. The summed E-state index contributed by atoms with van der Waals surface area (Å²) < 4.78 is 15.2. The van der Waals surface area contributed by atoms with Gasteiger partial charge < -0.3 is 14.8 Å². The van der Waals surface area contributed by atoms with Crippen LogP contribution in [0.2, 0.25) is 5.02 Å². The molecule has 1 saturated heterocycles. The third kappa shape index (κ3) is 3.99. The van der Waals surface area contributed by atoms with Crippen LogP contribution in [-0.4, -0.2) is 35.0 Å². The number of carbonyl (C=O) groups excluding carboxylic acids is 1. The fourth-order valence-corrected chi connectivity index (χ4v) is 3.82. The van der Waals surface area contributed by atoms with E-state index in [-0.39, 0.29) is 17.8 Å². The van der Waals surface area contributed by atoms with Gasteiger partial charge in [0.2, 0.25) is 5.91 Å². The molecule has 0 bridgehead atoms. The largest absolute Gasteiger partial charge is 0.347 e. The quantitative estimate of drug-likeness (QED) is 0.737. The van der Waals surface area contributed by atoms with Crippen LogP contribution in [0, 0.1) is 5.82 Å². The zero-order chi connectivity index (χ0) is 18.8. The summed E-state index contributed by atoms with van der Waals surface area (Å²) in [6.07, 6.45) is 2.44. The van der Waals surface area contributed by atoms with Gasteiger partial charge in [-0.1, -0.05) is 23.7 Å². The molecule has 1 atom stereocenters. The molecule has 0 saturated carbocycles. The smallest absolute Gasteiger partial charge is 0.224 e. The van der Waals surface area contributed by atoms with Crippen LogP contribution in [0.15, 0.2) is 54.7 Å². The van der Waals surface area contributed by atoms with Crippen LogP contribution in [0.1, 0.15) is 18.0 Å². The van der Waals surface area contributed by atoms with Crippen molar-refractivity contribution in [2.45, 2.75) is 19.0 Å². The van der Waals surface area contributed by atoms with Crippen LogP contribution in [-0.2, 0) is 11.3 Å². The Morgan fingerprint density at radius 1 is 1.19 bits per heavy atom. The summed E-state index contributed by atoms with van der Waals surface area (Å²) >= 11 is 6.03. The Labute approximate surface area is 162 Å². The van der Waals surface area contributed by atoms with Crippen molar-refractivity contribution in [1.29, 1.82) is 0 Å². The summed E-state index contributed by atoms with van der Waals surface area (Å²) in [5.41, 5.74) is 2.08. The second-order valence-corrected chi connectivity index (χ2v) is 7.30. The van der Waals surface area contributed by atoms with E-state index in [1.807, 2.05) is 35.4 Å². The summed E-state index contributed by atoms with van der Waals surface area (Å²) in [7, 11) is 0. The van der Waals surface area contributed by atoms with E-state index in [9.17, 15) is 9.18 Å². The highest BCUT2D eigenvalue weighted by molar-refractivity contribution is 6.31. The number of aryl methyl sites for hydroxylation is 1. The predicted molar refractivity (Wildman–Crippen MR) is 105 cm³/mol. The molecule has 3 aromatic rings. The number of benzene rings is 2. The van der Waals surface area contributed by atoms with Crippen LogP contribution in [0.4, 0.5) is 4.39 Å². The van der Waals surface area contributed by atoms with Gasteiger partial charge >= 0.3 is 0 Å². The lowest BCUT2D eigenvalue weighted by atomic mass is 10.0. The van der Waals surface area contributed by atoms with E-state index in [1.54, 1.807) is 12.1 Å². The van der Waals surface area contributed by atoms with Crippen molar-refractivity contribution in [3.8, 4) is 0 Å². The third-order valence-corrected chi connectivity index (χ3v) is 5.34. The van der Waals surface area contributed by atoms with Crippen molar-refractivity contribution in [2.24, 2.45) is 0 Å². The SMILES string of the molecule is O=C(CCn1ccc2cc(Cl)ccc21)N1CCNC(c2ccc(F)cc2)C1. The number of halogens is 2. The zero-order valence-electron chi connectivity index (χ0n) is 14.9. The lowest BCUT2D eigenvalue weighted by Gasteiger charge is -2.34. The van der Waals surface area contributed by atoms with Gasteiger partial charge in [0.1, 0.15) is 5.82 Å². The van der Waals surface area contributed by atoms with Crippen molar-refractivity contribution in [3.63, 3.8) is 0 Å². The van der Waals surface area contributed by atoms with Crippen LogP contribution in [0.5, 0.6) is 0 Å². The number of nitrogens with one attached hydrogen (secondary N) is 1. The van der Waals surface area contributed by atoms with Gasteiger partial charge in [-0.25, -0.2) is 4.39 Å². The van der Waals surface area contributed by atoms with E-state index in [4.69, 9.17) is 11.6 Å². The minimum Gasteiger partial charge on any atom is -0.347 e. The fraction of sp³-hybridized carbons (Fsp3) is 0.286. The Morgan fingerprint density at radius 2 is 2.00 bits per heavy atom. The highest BCUT2D eigenvalue weighted by Gasteiger charge is 2.24. The van der Waals surface area contributed by atoms with Gasteiger partial charge in [0.15, 0.2) is 0 Å². The first-order valence-electron chi connectivity index (χ1n) is 9.11. The fourth-order valence-electron chi connectivity index (χ4n) is 3.64. The highest BCUT2D eigenvalue weighted by Crippen LogP contribution is 2.22. The number of nitrogens with zero attached hydrogens (tertiary/aromatic N) is 2. The van der Waals surface area contributed by atoms with Crippen LogP contribution in [0.3, 0.4) is 0 Å². The molecular formula is C21H21ClFN3O. The number of piperazine rings is 1. The van der Waals surface area contributed by atoms with Crippen molar-refractivity contribution >= 4 is 28.4 Å². The van der Waals surface area contributed by atoms with E-state index in [2.05, 4.69) is 9.88 Å². The number of rotatable bonds is 4. The number of hydrogen-bond acceptors (Lipinski definition) is 2. The first kappa shape index (κ1) is 18.0. The molecule has 1 aromatic heterocycles. The second kappa shape index (κ2) is 7.71. The Balaban J connectivity index is 1.39. The molecule has 0 spiro atoms. The molecular weight excluding hydrogens is 365 g/mol. The standard InChI is InChI=1S/C21H21ClFN3O/c22-17-3-6-20-16(13-17)7-10-25(20)11-8-21(27)26-12-9-24-19(14-26)15-1-4-18(23)5-2-15/h1-7,10,13,19,24H,8-9,11-12,14H2. The highest BCUT2D eigenvalue weighted by atomic mass is 35.5. The van der Waals surface area contributed by atoms with Crippen LogP contribution in [0.25, 0.3) is 10.9 Å². The van der Waals surface area contributed by atoms with E-state index >= 15 is 0 Å². The van der Waals surface area contributed by atoms with Crippen LogP contribution < -0.4 is 5.32 Å². The molecule has 2 heterocycles. The summed E-state index contributed by atoms with van der Waals surface area (Å²) in [5, 5.41) is 5.19. The van der Waals surface area contributed by atoms with E-state index in [0.717, 1.165) is 23.0 Å². The van der Waals surface area contributed by atoms with E-state index in [1.165, 1.54) is 12.1 Å². The molecule has 0 aliphatic carbocycles. The van der Waals surface area contributed by atoms with Gasteiger partial charge in [0, 0.05) is 60.8 Å². The molecule has 1 N–H and O–H groups in total. The zero-order valence-corrected chi connectivity index (χ0v) is 15.6. The number of hydrogen-bond donors (Lipinski definition) is 1. The minimum atomic E-state index is -0.247. The average Bonchev–Trinajstić information content (AvgIpc) is 3.08. The maximum Gasteiger partial charge on any atom is 0.224 e. The van der Waals surface area contributed by atoms with E-state index < -0.39 is 0 Å². The van der Waals surface area contributed by atoms with Crippen molar-refractivity contribution in [1.82, 2.24) is 14.8 Å². The van der Waals surface area contributed by atoms with Gasteiger partial charge in [-0.05, 0) is 42.0 Å². The molecule has 6 heteroatoms. The summed E-state index contributed by atoms with van der Waals surface area (Å²) in [6.45, 7) is 2.67. The van der Waals surface area contributed by atoms with Gasteiger partial charge in [-0.15, -0.1) is 0 Å². The maximum atomic E-state index is 13.1. The minimum absolute atomic E-state index is 0.0397. The molecule has 2 aromatic carbocycles. The molecule has 27 heavy (non-hydrogen) atoms. The number of fused-ring (bicyclic) bond motifs is 1. The van der Waals surface area contributed by atoms with Gasteiger partial charge in [-0.2, -0.15) is 0 Å². The number of aromatic nitrogens is 1. The Hall–Kier alpha value is -2.37. The summed E-state index contributed by atoms with van der Waals surface area (Å²) in [5.74, 6) is -0.109. The second-order valence-electron chi connectivity index (χ2n) is 6.86. The average molecular weight is 386 g/mol. The lowest BCUT2D eigenvalue weighted by molar-refractivity contribution is -0.132. The molecule has 4 nitrogen and oxygen atoms in total. The maximum absolute atomic E-state index is 13.1. The molecule has 0 radical (unpaired) electrons. The van der Waals surface area contributed by atoms with Gasteiger partial charge in [0.05, 0.1) is 0 Å². The third-order valence-electron chi connectivity index (χ3n) is 5.10. The van der Waals surface area contributed by atoms with E-state index in [0.29, 0.717) is 31.1 Å². The molecule has 1 fully saturated rings. The molecule has 140 valence electrons. The number of carbonyl (C=O) groups is 1. The Kier molecular flexibility index (Phi) is 5.14. The van der Waals surface area contributed by atoms with Crippen LogP contribution >= 0.6 is 11.6 Å². The lowest BCUT2D eigenvalue weighted by Crippen LogP contribution is -2.48. The molecule has 1 amide bonds. The van der Waals surface area contributed by atoms with Gasteiger partial charge in [0.25, 0.3) is 0 Å². The first-order chi connectivity index (χ1) is 13.1. The topological polar surface area (TPSA) is 37.3 Å². The summed E-state index contributed by atoms with van der Waals surface area (Å²) in [6, 6.07) is 14.3. The van der Waals surface area contributed by atoms with Crippen molar-refractivity contribution < 1.29 is 9.18 Å². The molecule has 1 aliphatic heterocycles. The normalized spacial score (nSPS) is 17.4. The summed E-state index contributed by atoms with van der Waals surface area (Å²) in [4.78, 5) is 14.6. The van der Waals surface area contributed by atoms with Crippen molar-refractivity contribution in [3.05, 3.63) is 71.1 Å². The molecule has 1 aliphatic rings. The number of amides is 1. The van der Waals surface area contributed by atoms with Crippen molar-refractivity contribution in [2.75, 3.05) is 19.6 Å². The van der Waals surface area contributed by atoms with Gasteiger partial charge in [-0.3, -0.25) is 4.79 Å². The first-order valence-corrected chi connectivity index (χ1v) is 9.49. The Morgan fingerprint density at radius 3 is 2.81 bits per heavy atom. The predicted octanol–water partition coefficient (Wildman–Crippen LogP) is 4.00. The molecule has 4 rings (SSSR count).